The lowest BCUT2D eigenvalue weighted by Crippen LogP contribution is -2.41. The minimum absolute atomic E-state index is 0.240. The standard InChI is InChI=1S/C17H25NO/c1-13-7-6-9-15(11-13)17(19)12-18(3)16-10-5-4-8-14(16)2/h6-7,9,11,14,16H,4-5,8,10,12H2,1-3H3. The van der Waals surface area contributed by atoms with Crippen LogP contribution in [0, 0.1) is 12.8 Å². The number of rotatable bonds is 4. The molecular formula is C17H25NO. The summed E-state index contributed by atoms with van der Waals surface area (Å²) in [6.45, 7) is 4.89. The summed E-state index contributed by atoms with van der Waals surface area (Å²) in [7, 11) is 2.10. The molecule has 0 bridgehead atoms. The normalized spacial score (nSPS) is 23.6. The van der Waals surface area contributed by atoms with Gasteiger partial charge in [0.1, 0.15) is 0 Å². The van der Waals surface area contributed by atoms with Gasteiger partial charge in [0.25, 0.3) is 0 Å². The Kier molecular flexibility index (Phi) is 4.76. The van der Waals surface area contributed by atoms with Crippen LogP contribution in [-0.4, -0.2) is 30.3 Å². The first-order valence-corrected chi connectivity index (χ1v) is 7.38. The highest BCUT2D eigenvalue weighted by Gasteiger charge is 2.26. The first-order chi connectivity index (χ1) is 9.08. The molecule has 2 atom stereocenters. The van der Waals surface area contributed by atoms with Crippen molar-refractivity contribution in [3.05, 3.63) is 35.4 Å². The van der Waals surface area contributed by atoms with Gasteiger partial charge in [-0.2, -0.15) is 0 Å². The smallest absolute Gasteiger partial charge is 0.176 e. The van der Waals surface area contributed by atoms with Gasteiger partial charge in [-0.3, -0.25) is 9.69 Å². The third-order valence-corrected chi connectivity index (χ3v) is 4.37. The van der Waals surface area contributed by atoms with Crippen LogP contribution in [-0.2, 0) is 0 Å². The van der Waals surface area contributed by atoms with E-state index in [4.69, 9.17) is 0 Å². The lowest BCUT2D eigenvalue weighted by atomic mass is 9.85. The summed E-state index contributed by atoms with van der Waals surface area (Å²) in [5.74, 6) is 0.952. The maximum absolute atomic E-state index is 12.3. The van der Waals surface area contributed by atoms with Gasteiger partial charge in [0.15, 0.2) is 5.78 Å². The van der Waals surface area contributed by atoms with Crippen molar-refractivity contribution in [1.82, 2.24) is 4.90 Å². The molecule has 0 spiro atoms. The molecule has 2 nitrogen and oxygen atoms in total. The monoisotopic (exact) mass is 259 g/mol. The van der Waals surface area contributed by atoms with Gasteiger partial charge in [-0.25, -0.2) is 0 Å². The highest BCUT2D eigenvalue weighted by molar-refractivity contribution is 5.97. The Labute approximate surface area is 116 Å². The number of Topliss-reactive ketones (excluding diaryl/α,β-unsaturated/α-hetero) is 1. The van der Waals surface area contributed by atoms with Crippen molar-refractivity contribution in [2.24, 2.45) is 5.92 Å². The summed E-state index contributed by atoms with van der Waals surface area (Å²) in [6.07, 6.45) is 5.18. The van der Waals surface area contributed by atoms with E-state index in [0.717, 1.165) is 11.1 Å². The van der Waals surface area contributed by atoms with Crippen LogP contribution in [0.25, 0.3) is 0 Å². The van der Waals surface area contributed by atoms with Crippen LogP contribution in [0.15, 0.2) is 24.3 Å². The second-order valence-corrected chi connectivity index (χ2v) is 6.04. The van der Waals surface area contributed by atoms with E-state index in [1.165, 1.54) is 25.7 Å². The molecule has 0 aromatic heterocycles. The quantitative estimate of drug-likeness (QED) is 0.769. The molecule has 19 heavy (non-hydrogen) atoms. The fourth-order valence-electron chi connectivity index (χ4n) is 3.21. The zero-order valence-corrected chi connectivity index (χ0v) is 12.4. The second-order valence-electron chi connectivity index (χ2n) is 6.04. The molecule has 2 rings (SSSR count). The van der Waals surface area contributed by atoms with Crippen LogP contribution < -0.4 is 0 Å². The van der Waals surface area contributed by atoms with Gasteiger partial charge >= 0.3 is 0 Å². The van der Waals surface area contributed by atoms with Crippen molar-refractivity contribution in [2.45, 2.75) is 45.6 Å². The maximum atomic E-state index is 12.3. The van der Waals surface area contributed by atoms with E-state index in [-0.39, 0.29) is 5.78 Å². The highest BCUT2D eigenvalue weighted by atomic mass is 16.1. The van der Waals surface area contributed by atoms with Gasteiger partial charge < -0.3 is 0 Å². The van der Waals surface area contributed by atoms with Gasteiger partial charge in [-0.15, -0.1) is 0 Å². The van der Waals surface area contributed by atoms with Crippen LogP contribution in [0.2, 0.25) is 0 Å². The van der Waals surface area contributed by atoms with E-state index in [1.807, 2.05) is 31.2 Å². The molecule has 104 valence electrons. The molecule has 0 amide bonds. The Morgan fingerprint density at radius 3 is 2.74 bits per heavy atom. The average Bonchev–Trinajstić information content (AvgIpc) is 2.39. The summed E-state index contributed by atoms with van der Waals surface area (Å²) in [5, 5.41) is 0. The van der Waals surface area contributed by atoms with Gasteiger partial charge in [-0.05, 0) is 38.8 Å². The number of carbonyl (C=O) groups is 1. The lowest BCUT2D eigenvalue weighted by molar-refractivity contribution is 0.0851. The summed E-state index contributed by atoms with van der Waals surface area (Å²) in [5.41, 5.74) is 2.00. The molecule has 0 aliphatic heterocycles. The Morgan fingerprint density at radius 2 is 2.05 bits per heavy atom. The zero-order chi connectivity index (χ0) is 13.8. The number of hydrogen-bond donors (Lipinski definition) is 0. The van der Waals surface area contributed by atoms with Crippen LogP contribution in [0.3, 0.4) is 0 Å². The minimum atomic E-state index is 0.240. The molecule has 1 saturated carbocycles. The van der Waals surface area contributed by atoms with Crippen molar-refractivity contribution in [1.29, 1.82) is 0 Å². The van der Waals surface area contributed by atoms with Crippen LogP contribution in [0.4, 0.5) is 0 Å². The molecule has 1 aromatic carbocycles. The Bertz CT molecular complexity index is 441. The van der Waals surface area contributed by atoms with E-state index in [9.17, 15) is 4.79 Å². The summed E-state index contributed by atoms with van der Waals surface area (Å²) < 4.78 is 0. The maximum Gasteiger partial charge on any atom is 0.176 e. The first kappa shape index (κ1) is 14.3. The van der Waals surface area contributed by atoms with Gasteiger partial charge in [-0.1, -0.05) is 43.5 Å². The number of carbonyl (C=O) groups excluding carboxylic acids is 1. The molecule has 1 aliphatic rings. The number of aryl methyl sites for hydroxylation is 1. The Balaban J connectivity index is 1.98. The fourth-order valence-corrected chi connectivity index (χ4v) is 3.21. The van der Waals surface area contributed by atoms with Crippen molar-refractivity contribution in [3.8, 4) is 0 Å². The van der Waals surface area contributed by atoms with Crippen molar-refractivity contribution >= 4 is 5.78 Å². The topological polar surface area (TPSA) is 20.3 Å². The number of nitrogens with zero attached hydrogens (tertiary/aromatic N) is 1. The number of hydrogen-bond acceptors (Lipinski definition) is 2. The predicted octanol–water partition coefficient (Wildman–Crippen LogP) is 3.69. The van der Waals surface area contributed by atoms with Crippen molar-refractivity contribution in [2.75, 3.05) is 13.6 Å². The predicted molar refractivity (Wildman–Crippen MR) is 79.6 cm³/mol. The molecule has 2 heteroatoms. The molecule has 1 aliphatic carbocycles. The second kappa shape index (κ2) is 6.33. The third-order valence-electron chi connectivity index (χ3n) is 4.37. The zero-order valence-electron chi connectivity index (χ0n) is 12.4. The van der Waals surface area contributed by atoms with Gasteiger partial charge in [0, 0.05) is 11.6 Å². The first-order valence-electron chi connectivity index (χ1n) is 7.38. The molecule has 0 N–H and O–H groups in total. The molecule has 1 aromatic rings. The van der Waals surface area contributed by atoms with Gasteiger partial charge in [0.2, 0.25) is 0 Å². The molecule has 0 saturated heterocycles. The van der Waals surface area contributed by atoms with Crippen molar-refractivity contribution < 1.29 is 4.79 Å². The summed E-state index contributed by atoms with van der Waals surface area (Å²) >= 11 is 0. The molecular weight excluding hydrogens is 234 g/mol. The molecule has 2 unspecified atom stereocenters. The molecule has 0 radical (unpaired) electrons. The van der Waals surface area contributed by atoms with Crippen molar-refractivity contribution in [3.63, 3.8) is 0 Å². The average molecular weight is 259 g/mol. The Hall–Kier alpha value is -1.15. The number of benzene rings is 1. The van der Waals surface area contributed by atoms with E-state index < -0.39 is 0 Å². The number of ketones is 1. The third kappa shape index (κ3) is 3.66. The largest absolute Gasteiger partial charge is 0.296 e. The van der Waals surface area contributed by atoms with Crippen LogP contribution in [0.5, 0.6) is 0 Å². The molecule has 1 fully saturated rings. The van der Waals surface area contributed by atoms with E-state index in [1.54, 1.807) is 0 Å². The fraction of sp³-hybridized carbons (Fsp3) is 0.588. The summed E-state index contributed by atoms with van der Waals surface area (Å²) in [4.78, 5) is 14.6. The number of likely N-dealkylation sites (N-methyl/N-ethyl adjacent to an activating group) is 1. The van der Waals surface area contributed by atoms with Crippen LogP contribution >= 0.6 is 0 Å². The van der Waals surface area contributed by atoms with E-state index in [0.29, 0.717) is 18.5 Å². The Morgan fingerprint density at radius 1 is 1.32 bits per heavy atom. The minimum Gasteiger partial charge on any atom is -0.296 e. The lowest BCUT2D eigenvalue weighted by Gasteiger charge is -2.35. The van der Waals surface area contributed by atoms with E-state index in [2.05, 4.69) is 18.9 Å². The summed E-state index contributed by atoms with van der Waals surface area (Å²) in [6, 6.07) is 8.48. The van der Waals surface area contributed by atoms with E-state index >= 15 is 0 Å². The SMILES string of the molecule is Cc1cccc(C(=O)CN(C)C2CCCCC2C)c1. The van der Waals surface area contributed by atoms with Crippen LogP contribution in [0.1, 0.15) is 48.5 Å². The molecule has 0 heterocycles. The highest BCUT2D eigenvalue weighted by Crippen LogP contribution is 2.27. The van der Waals surface area contributed by atoms with Gasteiger partial charge in [0.05, 0.1) is 6.54 Å².